The lowest BCUT2D eigenvalue weighted by Gasteiger charge is -2.14. The number of amides is 1. The van der Waals surface area contributed by atoms with E-state index < -0.39 is 17.7 Å². The van der Waals surface area contributed by atoms with Gasteiger partial charge in [0.1, 0.15) is 11.3 Å². The number of halogens is 2. The van der Waals surface area contributed by atoms with Crippen molar-refractivity contribution in [2.75, 3.05) is 13.2 Å². The second-order valence-corrected chi connectivity index (χ2v) is 7.46. The molecule has 0 bridgehead atoms. The van der Waals surface area contributed by atoms with Crippen LogP contribution in [0.15, 0.2) is 28.8 Å². The molecule has 2 heterocycles. The third-order valence-electron chi connectivity index (χ3n) is 4.84. The highest BCUT2D eigenvalue weighted by atomic mass is 19.1. The van der Waals surface area contributed by atoms with E-state index in [2.05, 4.69) is 15.3 Å². The second-order valence-electron chi connectivity index (χ2n) is 7.46. The molecule has 1 fully saturated rings. The summed E-state index contributed by atoms with van der Waals surface area (Å²) in [5.41, 5.74) is 1.15. The van der Waals surface area contributed by atoms with Gasteiger partial charge in [-0.3, -0.25) is 9.78 Å². The molecular formula is C21H21F2N3O4. The van der Waals surface area contributed by atoms with Crippen molar-refractivity contribution in [3.8, 4) is 17.2 Å². The Morgan fingerprint density at radius 2 is 2.13 bits per heavy atom. The van der Waals surface area contributed by atoms with Crippen LogP contribution < -0.4 is 10.1 Å². The molecule has 2 N–H and O–H groups in total. The zero-order valence-corrected chi connectivity index (χ0v) is 16.3. The van der Waals surface area contributed by atoms with Crippen LogP contribution in [0, 0.1) is 17.6 Å². The topological polar surface area (TPSA) is 97.5 Å². The van der Waals surface area contributed by atoms with Crippen LogP contribution in [-0.4, -0.2) is 40.2 Å². The summed E-state index contributed by atoms with van der Waals surface area (Å²) in [7, 11) is 0. The molecule has 2 aromatic heterocycles. The van der Waals surface area contributed by atoms with Crippen LogP contribution in [0.3, 0.4) is 0 Å². The zero-order chi connectivity index (χ0) is 21.3. The van der Waals surface area contributed by atoms with Gasteiger partial charge < -0.3 is 19.6 Å². The first kappa shape index (κ1) is 20.2. The van der Waals surface area contributed by atoms with Gasteiger partial charge in [0, 0.05) is 31.2 Å². The number of carbonyl (C=O) groups excluding carboxylic acids is 1. The van der Waals surface area contributed by atoms with E-state index in [4.69, 9.17) is 9.15 Å². The Balaban J connectivity index is 1.57. The smallest absolute Gasteiger partial charge is 0.230 e. The fourth-order valence-corrected chi connectivity index (χ4v) is 3.10. The first-order chi connectivity index (χ1) is 14.4. The predicted octanol–water partition coefficient (Wildman–Crippen LogP) is 3.00. The van der Waals surface area contributed by atoms with Crippen molar-refractivity contribution in [1.82, 2.24) is 15.3 Å². The number of nitrogens with zero attached hydrogens (tertiary/aromatic N) is 2. The third kappa shape index (κ3) is 4.56. The highest BCUT2D eigenvalue weighted by Gasteiger charge is 2.24. The number of rotatable bonds is 8. The van der Waals surface area contributed by atoms with Gasteiger partial charge in [-0.05, 0) is 24.8 Å². The van der Waals surface area contributed by atoms with Gasteiger partial charge in [-0.1, -0.05) is 0 Å². The lowest BCUT2D eigenvalue weighted by atomic mass is 10.1. The number of aliphatic hydroxyl groups excluding tert-OH is 1. The normalized spacial score (nSPS) is 14.7. The fraction of sp³-hybridized carbons (Fsp3) is 0.381. The second kappa shape index (κ2) is 8.35. The monoisotopic (exact) mass is 417 g/mol. The minimum Gasteiger partial charge on any atom is -0.490 e. The number of pyridine rings is 1. The molecule has 1 saturated carbocycles. The maximum Gasteiger partial charge on any atom is 0.230 e. The molecule has 0 radical (unpaired) electrons. The van der Waals surface area contributed by atoms with Crippen molar-refractivity contribution < 1.29 is 27.8 Å². The molecule has 30 heavy (non-hydrogen) atoms. The summed E-state index contributed by atoms with van der Waals surface area (Å²) < 4.78 is 39.9. The number of oxazole rings is 1. The summed E-state index contributed by atoms with van der Waals surface area (Å²) in [5, 5.41) is 12.0. The number of hydrogen-bond acceptors (Lipinski definition) is 6. The maximum atomic E-state index is 14.6. The quantitative estimate of drug-likeness (QED) is 0.585. The number of ether oxygens (including phenoxy) is 1. The standard InChI is InChI=1S/C21H21F2N3O4/c1-11(28)25-14(9-27)4-13-5-20-18(8-24-13)26-21(30-20)15-6-17(23)19(7-16(15)22)29-10-12-2-3-12/h5-8,12,14,27H,2-4,9-10H2,1H3,(H,25,28). The van der Waals surface area contributed by atoms with Gasteiger partial charge in [0.05, 0.1) is 31.0 Å². The van der Waals surface area contributed by atoms with Crippen LogP contribution in [-0.2, 0) is 11.2 Å². The molecule has 0 aliphatic heterocycles. The van der Waals surface area contributed by atoms with Crippen molar-refractivity contribution in [3.05, 3.63) is 41.7 Å². The van der Waals surface area contributed by atoms with Crippen LogP contribution in [0.25, 0.3) is 22.6 Å². The van der Waals surface area contributed by atoms with E-state index in [1.807, 2.05) is 0 Å². The minimum absolute atomic E-state index is 0.0744. The Bertz CT molecular complexity index is 1080. The Morgan fingerprint density at radius 1 is 1.33 bits per heavy atom. The summed E-state index contributed by atoms with van der Waals surface area (Å²) >= 11 is 0. The molecule has 9 heteroatoms. The van der Waals surface area contributed by atoms with E-state index in [9.17, 15) is 18.7 Å². The van der Waals surface area contributed by atoms with Crippen molar-refractivity contribution in [2.45, 2.75) is 32.2 Å². The average Bonchev–Trinajstić information content (AvgIpc) is 3.44. The number of aromatic nitrogens is 2. The molecule has 1 amide bonds. The highest BCUT2D eigenvalue weighted by molar-refractivity contribution is 5.76. The molecule has 158 valence electrons. The molecule has 3 aromatic rings. The molecule has 1 aliphatic carbocycles. The third-order valence-corrected chi connectivity index (χ3v) is 4.84. The summed E-state index contributed by atoms with van der Waals surface area (Å²) in [5.74, 6) is -1.44. The van der Waals surface area contributed by atoms with E-state index >= 15 is 0 Å². The van der Waals surface area contributed by atoms with Gasteiger partial charge in [0.2, 0.25) is 11.8 Å². The molecule has 1 aromatic carbocycles. The van der Waals surface area contributed by atoms with Crippen LogP contribution >= 0.6 is 0 Å². The molecule has 0 saturated heterocycles. The number of fused-ring (bicyclic) bond motifs is 1. The highest BCUT2D eigenvalue weighted by Crippen LogP contribution is 2.33. The van der Waals surface area contributed by atoms with Crippen molar-refractivity contribution >= 4 is 17.0 Å². The number of aliphatic hydroxyl groups is 1. The Labute approximate surface area is 171 Å². The lowest BCUT2D eigenvalue weighted by Crippen LogP contribution is -2.37. The molecule has 4 rings (SSSR count). The molecule has 1 atom stereocenters. The largest absolute Gasteiger partial charge is 0.490 e. The zero-order valence-electron chi connectivity index (χ0n) is 16.3. The average molecular weight is 417 g/mol. The fourth-order valence-electron chi connectivity index (χ4n) is 3.10. The van der Waals surface area contributed by atoms with Gasteiger partial charge in [-0.25, -0.2) is 13.8 Å². The number of hydrogen-bond donors (Lipinski definition) is 2. The summed E-state index contributed by atoms with van der Waals surface area (Å²) in [6.07, 6.45) is 3.81. The number of benzene rings is 1. The molecule has 1 aliphatic rings. The maximum absolute atomic E-state index is 14.6. The molecule has 0 spiro atoms. The van der Waals surface area contributed by atoms with E-state index in [0.29, 0.717) is 29.3 Å². The minimum atomic E-state index is -0.701. The van der Waals surface area contributed by atoms with Crippen molar-refractivity contribution in [3.63, 3.8) is 0 Å². The van der Waals surface area contributed by atoms with Crippen molar-refractivity contribution in [2.24, 2.45) is 5.92 Å². The van der Waals surface area contributed by atoms with E-state index in [1.54, 1.807) is 6.07 Å². The molecule has 7 nitrogen and oxygen atoms in total. The SMILES string of the molecule is CC(=O)NC(CO)Cc1cc2oc(-c3cc(F)c(OCC4CC4)cc3F)nc2cn1. The lowest BCUT2D eigenvalue weighted by molar-refractivity contribution is -0.119. The number of nitrogens with one attached hydrogen (secondary N) is 1. The van der Waals surface area contributed by atoms with E-state index in [0.717, 1.165) is 25.0 Å². The van der Waals surface area contributed by atoms with Gasteiger partial charge in [0.15, 0.2) is 17.1 Å². The van der Waals surface area contributed by atoms with Crippen LogP contribution in [0.5, 0.6) is 5.75 Å². The summed E-state index contributed by atoms with van der Waals surface area (Å²) in [6.45, 7) is 1.49. The Kier molecular flexibility index (Phi) is 5.63. The van der Waals surface area contributed by atoms with Crippen LogP contribution in [0.4, 0.5) is 8.78 Å². The molecular weight excluding hydrogens is 396 g/mol. The van der Waals surface area contributed by atoms with Gasteiger partial charge in [0.25, 0.3) is 0 Å². The van der Waals surface area contributed by atoms with Gasteiger partial charge in [-0.2, -0.15) is 0 Å². The Morgan fingerprint density at radius 3 is 2.83 bits per heavy atom. The van der Waals surface area contributed by atoms with E-state index in [-0.39, 0.29) is 36.1 Å². The van der Waals surface area contributed by atoms with Crippen LogP contribution in [0.2, 0.25) is 0 Å². The number of carbonyl (C=O) groups is 1. The Hall–Kier alpha value is -3.07. The predicted molar refractivity (Wildman–Crippen MR) is 104 cm³/mol. The first-order valence-corrected chi connectivity index (χ1v) is 9.68. The first-order valence-electron chi connectivity index (χ1n) is 9.68. The van der Waals surface area contributed by atoms with Gasteiger partial charge >= 0.3 is 0 Å². The summed E-state index contributed by atoms with van der Waals surface area (Å²) in [4.78, 5) is 19.6. The van der Waals surface area contributed by atoms with E-state index in [1.165, 1.54) is 13.1 Å². The summed E-state index contributed by atoms with van der Waals surface area (Å²) in [6, 6.07) is 3.11. The molecule has 1 unspecified atom stereocenters. The van der Waals surface area contributed by atoms with Crippen LogP contribution in [0.1, 0.15) is 25.5 Å². The van der Waals surface area contributed by atoms with Gasteiger partial charge in [-0.15, -0.1) is 0 Å². The van der Waals surface area contributed by atoms with Crippen molar-refractivity contribution in [1.29, 1.82) is 0 Å².